The predicted octanol–water partition coefficient (Wildman–Crippen LogP) is 3.37. The van der Waals surface area contributed by atoms with E-state index in [1.807, 2.05) is 30.3 Å². The number of likely N-dealkylation sites (tertiary alicyclic amines) is 1. The Labute approximate surface area is 108 Å². The van der Waals surface area contributed by atoms with E-state index in [1.54, 1.807) is 4.90 Å². The van der Waals surface area contributed by atoms with Crippen LogP contribution in [0.25, 0.3) is 0 Å². The summed E-state index contributed by atoms with van der Waals surface area (Å²) in [5.74, 6) is 0. The fraction of sp³-hybridized carbons (Fsp3) is 0.400. The molecule has 0 aliphatic carbocycles. The van der Waals surface area contributed by atoms with Gasteiger partial charge in [-0.05, 0) is 25.3 Å². The normalized spacial score (nSPS) is 15.4. The van der Waals surface area contributed by atoms with E-state index in [0.29, 0.717) is 6.61 Å². The van der Waals surface area contributed by atoms with Crippen LogP contribution in [-0.2, 0) is 11.3 Å². The lowest BCUT2D eigenvalue weighted by Crippen LogP contribution is -2.36. The molecular weight excluding hydrogens is 226 g/mol. The fourth-order valence-corrected chi connectivity index (χ4v) is 2.08. The first-order chi connectivity index (χ1) is 8.79. The van der Waals surface area contributed by atoms with Gasteiger partial charge in [0.1, 0.15) is 6.61 Å². The Morgan fingerprint density at radius 2 is 1.94 bits per heavy atom. The van der Waals surface area contributed by atoms with Gasteiger partial charge in [-0.25, -0.2) is 4.79 Å². The quantitative estimate of drug-likeness (QED) is 0.748. The van der Waals surface area contributed by atoms with Crippen LogP contribution >= 0.6 is 0 Å². The molecule has 0 radical (unpaired) electrons. The molecule has 0 bridgehead atoms. The molecule has 1 aliphatic rings. The van der Waals surface area contributed by atoms with Crippen LogP contribution in [0.2, 0.25) is 0 Å². The van der Waals surface area contributed by atoms with Crippen LogP contribution in [0.3, 0.4) is 0 Å². The predicted molar refractivity (Wildman–Crippen MR) is 71.2 cm³/mol. The first-order valence-corrected chi connectivity index (χ1v) is 6.39. The average molecular weight is 245 g/mol. The monoisotopic (exact) mass is 245 g/mol. The second-order valence-electron chi connectivity index (χ2n) is 4.47. The fourth-order valence-electron chi connectivity index (χ4n) is 2.08. The summed E-state index contributed by atoms with van der Waals surface area (Å²) in [6.45, 7) is 3.95. The molecule has 3 nitrogen and oxygen atoms in total. The molecule has 0 N–H and O–H groups in total. The van der Waals surface area contributed by atoms with Crippen LogP contribution < -0.4 is 0 Å². The molecule has 0 unspecified atom stereocenters. The lowest BCUT2D eigenvalue weighted by Gasteiger charge is -2.27. The molecule has 0 aromatic heterocycles. The lowest BCUT2D eigenvalue weighted by atomic mass is 10.0. The van der Waals surface area contributed by atoms with E-state index < -0.39 is 0 Å². The van der Waals surface area contributed by atoms with Gasteiger partial charge in [-0.2, -0.15) is 0 Å². The van der Waals surface area contributed by atoms with Crippen molar-refractivity contribution < 1.29 is 9.53 Å². The zero-order chi connectivity index (χ0) is 12.8. The van der Waals surface area contributed by atoms with Crippen molar-refractivity contribution in [2.24, 2.45) is 0 Å². The van der Waals surface area contributed by atoms with Gasteiger partial charge in [0.2, 0.25) is 0 Å². The van der Waals surface area contributed by atoms with Gasteiger partial charge < -0.3 is 9.64 Å². The molecule has 1 aromatic rings. The van der Waals surface area contributed by atoms with Crippen LogP contribution in [0.15, 0.2) is 42.0 Å². The molecule has 0 spiro atoms. The molecule has 2 rings (SSSR count). The van der Waals surface area contributed by atoms with Gasteiger partial charge >= 0.3 is 6.09 Å². The summed E-state index contributed by atoms with van der Waals surface area (Å²) >= 11 is 0. The van der Waals surface area contributed by atoms with Crippen LogP contribution in [0.4, 0.5) is 4.79 Å². The topological polar surface area (TPSA) is 29.5 Å². The summed E-state index contributed by atoms with van der Waals surface area (Å²) in [7, 11) is 0. The number of carbonyl (C=O) groups excluding carboxylic acids is 1. The van der Waals surface area contributed by atoms with E-state index in [4.69, 9.17) is 4.74 Å². The minimum atomic E-state index is -0.200. The SMILES string of the molecule is CC=C1CCN(C(=O)OCc2ccccc2)CC1. The number of rotatable bonds is 2. The highest BCUT2D eigenvalue weighted by Gasteiger charge is 2.19. The number of ether oxygens (including phenoxy) is 1. The van der Waals surface area contributed by atoms with Gasteiger partial charge in [0.05, 0.1) is 0 Å². The molecule has 0 saturated carbocycles. The largest absolute Gasteiger partial charge is 0.445 e. The Kier molecular flexibility index (Phi) is 4.40. The van der Waals surface area contributed by atoms with Crippen LogP contribution in [-0.4, -0.2) is 24.1 Å². The number of hydrogen-bond acceptors (Lipinski definition) is 2. The van der Waals surface area contributed by atoms with E-state index in [2.05, 4.69) is 13.0 Å². The highest BCUT2D eigenvalue weighted by molar-refractivity contribution is 5.67. The van der Waals surface area contributed by atoms with E-state index in [0.717, 1.165) is 31.5 Å². The van der Waals surface area contributed by atoms with E-state index in [-0.39, 0.29) is 6.09 Å². The first-order valence-electron chi connectivity index (χ1n) is 6.39. The van der Waals surface area contributed by atoms with Crippen molar-refractivity contribution in [1.82, 2.24) is 4.90 Å². The van der Waals surface area contributed by atoms with Gasteiger partial charge in [0.15, 0.2) is 0 Å². The van der Waals surface area contributed by atoms with Gasteiger partial charge in [-0.3, -0.25) is 0 Å². The van der Waals surface area contributed by atoms with Gasteiger partial charge in [-0.1, -0.05) is 42.0 Å². The smallest absolute Gasteiger partial charge is 0.410 e. The third-order valence-corrected chi connectivity index (χ3v) is 3.28. The Morgan fingerprint density at radius 3 is 2.56 bits per heavy atom. The van der Waals surface area contributed by atoms with Crippen LogP contribution in [0.5, 0.6) is 0 Å². The molecule has 96 valence electrons. The summed E-state index contributed by atoms with van der Waals surface area (Å²) in [6.07, 6.45) is 3.88. The maximum atomic E-state index is 11.9. The van der Waals surface area contributed by atoms with Crippen molar-refractivity contribution in [3.8, 4) is 0 Å². The standard InChI is InChI=1S/C15H19NO2/c1-2-13-8-10-16(11-9-13)15(17)18-12-14-6-4-3-5-7-14/h2-7H,8-12H2,1H3. The van der Waals surface area contributed by atoms with E-state index in [9.17, 15) is 4.79 Å². The Morgan fingerprint density at radius 1 is 1.28 bits per heavy atom. The molecule has 3 heteroatoms. The molecule has 1 saturated heterocycles. The lowest BCUT2D eigenvalue weighted by molar-refractivity contribution is 0.0935. The summed E-state index contributed by atoms with van der Waals surface area (Å²) in [5.41, 5.74) is 2.46. The summed E-state index contributed by atoms with van der Waals surface area (Å²) in [5, 5.41) is 0. The number of benzene rings is 1. The average Bonchev–Trinajstić information content (AvgIpc) is 2.46. The third-order valence-electron chi connectivity index (χ3n) is 3.28. The number of hydrogen-bond donors (Lipinski definition) is 0. The summed E-state index contributed by atoms with van der Waals surface area (Å²) in [6, 6.07) is 9.77. The molecule has 1 aromatic carbocycles. The van der Waals surface area contributed by atoms with Gasteiger partial charge in [-0.15, -0.1) is 0 Å². The van der Waals surface area contributed by atoms with Crippen molar-refractivity contribution in [2.45, 2.75) is 26.4 Å². The maximum absolute atomic E-state index is 11.9. The third kappa shape index (κ3) is 3.36. The molecule has 1 amide bonds. The van der Waals surface area contributed by atoms with Crippen LogP contribution in [0.1, 0.15) is 25.3 Å². The molecule has 0 atom stereocenters. The van der Waals surface area contributed by atoms with E-state index in [1.165, 1.54) is 5.57 Å². The number of allylic oxidation sites excluding steroid dienone is 1. The number of amides is 1. The molecule has 1 heterocycles. The van der Waals surface area contributed by atoms with Crippen LogP contribution in [0, 0.1) is 0 Å². The van der Waals surface area contributed by atoms with E-state index >= 15 is 0 Å². The second kappa shape index (κ2) is 6.24. The zero-order valence-corrected chi connectivity index (χ0v) is 10.8. The van der Waals surface area contributed by atoms with Crippen molar-refractivity contribution in [1.29, 1.82) is 0 Å². The first kappa shape index (κ1) is 12.7. The second-order valence-corrected chi connectivity index (χ2v) is 4.47. The van der Waals surface area contributed by atoms with Gasteiger partial charge in [0.25, 0.3) is 0 Å². The van der Waals surface area contributed by atoms with Gasteiger partial charge in [0, 0.05) is 13.1 Å². The van der Waals surface area contributed by atoms with Crippen molar-refractivity contribution in [3.05, 3.63) is 47.5 Å². The highest BCUT2D eigenvalue weighted by atomic mass is 16.6. The Balaban J connectivity index is 1.79. The Hall–Kier alpha value is -1.77. The highest BCUT2D eigenvalue weighted by Crippen LogP contribution is 2.16. The molecule has 1 aliphatic heterocycles. The minimum Gasteiger partial charge on any atom is -0.445 e. The molecule has 18 heavy (non-hydrogen) atoms. The zero-order valence-electron chi connectivity index (χ0n) is 10.8. The van der Waals surface area contributed by atoms with Crippen molar-refractivity contribution in [3.63, 3.8) is 0 Å². The molecular formula is C15H19NO2. The summed E-state index contributed by atoms with van der Waals surface area (Å²) in [4.78, 5) is 13.6. The minimum absolute atomic E-state index is 0.200. The number of piperidine rings is 1. The van der Waals surface area contributed by atoms with Crippen molar-refractivity contribution in [2.75, 3.05) is 13.1 Å². The Bertz CT molecular complexity index is 415. The number of carbonyl (C=O) groups is 1. The maximum Gasteiger partial charge on any atom is 0.410 e. The summed E-state index contributed by atoms with van der Waals surface area (Å²) < 4.78 is 5.30. The molecule has 1 fully saturated rings. The van der Waals surface area contributed by atoms with Crippen molar-refractivity contribution >= 4 is 6.09 Å². The number of nitrogens with zero attached hydrogens (tertiary/aromatic N) is 1.